The van der Waals surface area contributed by atoms with Crippen LogP contribution in [0, 0.1) is 0 Å². The number of carbonyl (C=O) groups is 2. The Labute approximate surface area is 178 Å². The van der Waals surface area contributed by atoms with Crippen molar-refractivity contribution >= 4 is 23.2 Å². The van der Waals surface area contributed by atoms with Gasteiger partial charge in [0.15, 0.2) is 5.69 Å². The fourth-order valence-corrected chi connectivity index (χ4v) is 4.10. The van der Waals surface area contributed by atoms with Crippen molar-refractivity contribution in [2.24, 2.45) is 0 Å². The minimum atomic E-state index is -0.276. The molecule has 1 N–H and O–H groups in total. The van der Waals surface area contributed by atoms with E-state index in [-0.39, 0.29) is 29.4 Å². The first-order chi connectivity index (χ1) is 14.5. The summed E-state index contributed by atoms with van der Waals surface area (Å²) in [5, 5.41) is 12.8. The number of carbonyl (C=O) groups excluding carboxylic acids is 2. The van der Waals surface area contributed by atoms with Crippen LogP contribution in [-0.4, -0.2) is 40.1 Å². The number of nitrogens with zero attached hydrogens (tertiary/aromatic N) is 3. The first kappa shape index (κ1) is 20.3. The standard InChI is InChI=1S/C21H24N4O4S/c1-13(2)18-11-17(24-28-18)21(27)25-7-5-14(6-8-25)16-10-19(29-23-16)20(26)22-12-15-4-3-9-30-15/h3-4,9-11,13-14H,5-8,12H2,1-2H3,(H,22,26). The number of hydrogen-bond acceptors (Lipinski definition) is 7. The third-order valence-electron chi connectivity index (χ3n) is 5.27. The lowest BCUT2D eigenvalue weighted by atomic mass is 9.93. The second kappa shape index (κ2) is 8.83. The van der Waals surface area contributed by atoms with Gasteiger partial charge < -0.3 is 19.3 Å². The number of nitrogens with one attached hydrogen (secondary N) is 1. The number of likely N-dealkylation sites (tertiary alicyclic amines) is 1. The van der Waals surface area contributed by atoms with Crippen LogP contribution < -0.4 is 5.32 Å². The Morgan fingerprint density at radius 2 is 2.03 bits per heavy atom. The Morgan fingerprint density at radius 3 is 2.70 bits per heavy atom. The van der Waals surface area contributed by atoms with E-state index in [1.807, 2.05) is 31.4 Å². The van der Waals surface area contributed by atoms with Crippen LogP contribution in [0.25, 0.3) is 0 Å². The molecule has 3 aromatic heterocycles. The first-order valence-corrected chi connectivity index (χ1v) is 10.9. The molecular formula is C21H24N4O4S. The molecule has 2 amide bonds. The van der Waals surface area contributed by atoms with E-state index in [2.05, 4.69) is 15.6 Å². The average Bonchev–Trinajstić information content (AvgIpc) is 3.53. The molecule has 0 unspecified atom stereocenters. The van der Waals surface area contributed by atoms with Crippen molar-refractivity contribution in [2.45, 2.75) is 45.1 Å². The molecule has 8 nitrogen and oxygen atoms in total. The Morgan fingerprint density at radius 1 is 1.23 bits per heavy atom. The van der Waals surface area contributed by atoms with Gasteiger partial charge in [-0.25, -0.2) is 0 Å². The summed E-state index contributed by atoms with van der Waals surface area (Å²) in [4.78, 5) is 27.8. The molecule has 4 heterocycles. The minimum absolute atomic E-state index is 0.113. The highest BCUT2D eigenvalue weighted by atomic mass is 32.1. The number of aromatic nitrogens is 2. The molecule has 9 heteroatoms. The van der Waals surface area contributed by atoms with Gasteiger partial charge in [0.25, 0.3) is 11.8 Å². The number of hydrogen-bond donors (Lipinski definition) is 1. The predicted octanol–water partition coefficient (Wildman–Crippen LogP) is 3.80. The zero-order chi connectivity index (χ0) is 21.1. The molecule has 4 rings (SSSR count). The Kier molecular flexibility index (Phi) is 5.98. The fourth-order valence-electron chi connectivity index (χ4n) is 3.46. The molecule has 0 bridgehead atoms. The Hall–Kier alpha value is -2.94. The van der Waals surface area contributed by atoms with Crippen LogP contribution in [0.4, 0.5) is 0 Å². The molecule has 1 fully saturated rings. The first-order valence-electron chi connectivity index (χ1n) is 10.0. The van der Waals surface area contributed by atoms with Crippen molar-refractivity contribution in [3.8, 4) is 0 Å². The molecular weight excluding hydrogens is 404 g/mol. The van der Waals surface area contributed by atoms with Crippen LogP contribution in [0.2, 0.25) is 0 Å². The molecule has 1 aliphatic heterocycles. The second-order valence-corrected chi connectivity index (χ2v) is 8.75. The van der Waals surface area contributed by atoms with Crippen LogP contribution in [0.5, 0.6) is 0 Å². The summed E-state index contributed by atoms with van der Waals surface area (Å²) in [6, 6.07) is 7.34. The van der Waals surface area contributed by atoms with E-state index < -0.39 is 0 Å². The molecule has 0 radical (unpaired) electrons. The Bertz CT molecular complexity index is 1000. The fraction of sp³-hybridized carbons (Fsp3) is 0.429. The third-order valence-corrected chi connectivity index (χ3v) is 6.15. The number of thiophene rings is 1. The summed E-state index contributed by atoms with van der Waals surface area (Å²) in [5.41, 5.74) is 1.11. The van der Waals surface area contributed by atoms with Crippen molar-refractivity contribution in [2.75, 3.05) is 13.1 Å². The van der Waals surface area contributed by atoms with Crippen molar-refractivity contribution in [3.63, 3.8) is 0 Å². The van der Waals surface area contributed by atoms with Crippen molar-refractivity contribution in [1.29, 1.82) is 0 Å². The van der Waals surface area contributed by atoms with Gasteiger partial charge in [-0.15, -0.1) is 11.3 Å². The molecule has 1 aliphatic rings. The molecule has 0 atom stereocenters. The lowest BCUT2D eigenvalue weighted by molar-refractivity contribution is 0.0700. The summed E-state index contributed by atoms with van der Waals surface area (Å²) in [5.74, 6) is 0.873. The highest BCUT2D eigenvalue weighted by Gasteiger charge is 2.29. The van der Waals surface area contributed by atoms with Crippen LogP contribution in [0.1, 0.15) is 75.9 Å². The topological polar surface area (TPSA) is 101 Å². The second-order valence-electron chi connectivity index (χ2n) is 7.71. The molecule has 158 valence electrons. The molecule has 0 saturated carbocycles. The Balaban J connectivity index is 1.30. The number of piperidine rings is 1. The zero-order valence-corrected chi connectivity index (χ0v) is 17.8. The van der Waals surface area contributed by atoms with E-state index in [1.165, 1.54) is 0 Å². The van der Waals surface area contributed by atoms with Gasteiger partial charge in [0.05, 0.1) is 12.2 Å². The smallest absolute Gasteiger partial charge is 0.290 e. The summed E-state index contributed by atoms with van der Waals surface area (Å²) < 4.78 is 10.5. The van der Waals surface area contributed by atoms with Crippen LogP contribution >= 0.6 is 11.3 Å². The lowest BCUT2D eigenvalue weighted by Crippen LogP contribution is -2.38. The average molecular weight is 429 g/mol. The van der Waals surface area contributed by atoms with E-state index in [0.717, 1.165) is 23.4 Å². The molecule has 30 heavy (non-hydrogen) atoms. The van der Waals surface area contributed by atoms with Crippen molar-refractivity contribution < 1.29 is 18.6 Å². The van der Waals surface area contributed by atoms with Crippen molar-refractivity contribution in [3.05, 3.63) is 57.4 Å². The van der Waals surface area contributed by atoms with Gasteiger partial charge in [0.1, 0.15) is 5.76 Å². The maximum atomic E-state index is 12.7. The lowest BCUT2D eigenvalue weighted by Gasteiger charge is -2.30. The van der Waals surface area contributed by atoms with Gasteiger partial charge in [0, 0.05) is 41.9 Å². The molecule has 3 aromatic rings. The number of rotatable bonds is 6. The van der Waals surface area contributed by atoms with E-state index in [0.29, 0.717) is 31.1 Å². The summed E-state index contributed by atoms with van der Waals surface area (Å²) in [7, 11) is 0. The van der Waals surface area contributed by atoms with Gasteiger partial charge >= 0.3 is 0 Å². The van der Waals surface area contributed by atoms with Crippen LogP contribution in [-0.2, 0) is 6.54 Å². The summed E-state index contributed by atoms with van der Waals surface area (Å²) >= 11 is 1.59. The maximum absolute atomic E-state index is 12.7. The van der Waals surface area contributed by atoms with Gasteiger partial charge in [-0.2, -0.15) is 0 Å². The number of amides is 2. The highest BCUT2D eigenvalue weighted by Crippen LogP contribution is 2.28. The third kappa shape index (κ3) is 4.46. The maximum Gasteiger partial charge on any atom is 0.290 e. The normalized spacial score (nSPS) is 15.0. The van der Waals surface area contributed by atoms with Gasteiger partial charge in [0.2, 0.25) is 5.76 Å². The monoisotopic (exact) mass is 428 g/mol. The molecule has 0 aliphatic carbocycles. The largest absolute Gasteiger partial charge is 0.360 e. The molecule has 0 spiro atoms. The minimum Gasteiger partial charge on any atom is -0.360 e. The molecule has 0 aromatic carbocycles. The summed E-state index contributed by atoms with van der Waals surface area (Å²) in [6.07, 6.45) is 1.51. The van der Waals surface area contributed by atoms with Crippen LogP contribution in [0.15, 0.2) is 38.7 Å². The van der Waals surface area contributed by atoms with E-state index >= 15 is 0 Å². The van der Waals surface area contributed by atoms with E-state index in [9.17, 15) is 9.59 Å². The highest BCUT2D eigenvalue weighted by molar-refractivity contribution is 7.09. The summed E-state index contributed by atoms with van der Waals surface area (Å²) in [6.45, 7) is 5.65. The van der Waals surface area contributed by atoms with Crippen molar-refractivity contribution in [1.82, 2.24) is 20.5 Å². The van der Waals surface area contributed by atoms with Crippen LogP contribution in [0.3, 0.4) is 0 Å². The van der Waals surface area contributed by atoms with Gasteiger partial charge in [-0.3, -0.25) is 9.59 Å². The SMILES string of the molecule is CC(C)c1cc(C(=O)N2CCC(c3cc(C(=O)NCc4cccs4)on3)CC2)no1. The van der Waals surface area contributed by atoms with Gasteiger partial charge in [-0.05, 0) is 24.3 Å². The quantitative estimate of drug-likeness (QED) is 0.641. The van der Waals surface area contributed by atoms with E-state index in [4.69, 9.17) is 9.05 Å². The predicted molar refractivity (Wildman–Crippen MR) is 110 cm³/mol. The zero-order valence-electron chi connectivity index (χ0n) is 17.0. The molecule has 1 saturated heterocycles. The van der Waals surface area contributed by atoms with Gasteiger partial charge in [-0.1, -0.05) is 30.2 Å². The van der Waals surface area contributed by atoms with E-state index in [1.54, 1.807) is 28.4 Å².